The summed E-state index contributed by atoms with van der Waals surface area (Å²) in [6.45, 7) is 1.65. The van der Waals surface area contributed by atoms with Crippen molar-refractivity contribution >= 4 is 17.8 Å². The Hall–Kier alpha value is -3.19. The van der Waals surface area contributed by atoms with Gasteiger partial charge in [0.15, 0.2) is 6.61 Å². The zero-order valence-electron chi connectivity index (χ0n) is 16.1. The second kappa shape index (κ2) is 10.4. The van der Waals surface area contributed by atoms with Crippen LogP contribution in [-0.4, -0.2) is 55.6 Å². The lowest BCUT2D eigenvalue weighted by atomic mass is 10.0. The van der Waals surface area contributed by atoms with Gasteiger partial charge in [-0.3, -0.25) is 14.4 Å². The Balaban J connectivity index is 1.59. The summed E-state index contributed by atoms with van der Waals surface area (Å²) in [5, 5.41) is 2.88. The van der Waals surface area contributed by atoms with Crippen molar-refractivity contribution in [2.45, 2.75) is 12.5 Å². The summed E-state index contributed by atoms with van der Waals surface area (Å²) in [5.41, 5.74) is 1.29. The van der Waals surface area contributed by atoms with Gasteiger partial charge in [0.2, 0.25) is 0 Å². The molecular formula is C22H24N2O5. The van der Waals surface area contributed by atoms with Crippen LogP contribution in [0.4, 0.5) is 0 Å². The van der Waals surface area contributed by atoms with E-state index in [2.05, 4.69) is 5.32 Å². The third kappa shape index (κ3) is 6.15. The predicted octanol–water partition coefficient (Wildman–Crippen LogP) is 1.95. The van der Waals surface area contributed by atoms with Crippen LogP contribution in [0.5, 0.6) is 0 Å². The molecule has 1 N–H and O–H groups in total. The number of morpholine rings is 1. The van der Waals surface area contributed by atoms with Crippen LogP contribution >= 0.6 is 0 Å². The smallest absolute Gasteiger partial charge is 0.308 e. The molecule has 2 amide bonds. The van der Waals surface area contributed by atoms with Gasteiger partial charge < -0.3 is 19.7 Å². The molecule has 1 heterocycles. The Morgan fingerprint density at radius 3 is 2.24 bits per heavy atom. The molecule has 1 atom stereocenters. The van der Waals surface area contributed by atoms with E-state index in [4.69, 9.17) is 9.47 Å². The molecule has 1 unspecified atom stereocenters. The van der Waals surface area contributed by atoms with Gasteiger partial charge in [0.1, 0.15) is 0 Å². The van der Waals surface area contributed by atoms with E-state index in [1.165, 1.54) is 0 Å². The van der Waals surface area contributed by atoms with Crippen LogP contribution < -0.4 is 5.32 Å². The average molecular weight is 396 g/mol. The van der Waals surface area contributed by atoms with Gasteiger partial charge in [-0.25, -0.2) is 0 Å². The number of ether oxygens (including phenoxy) is 2. The minimum absolute atomic E-state index is 0.0705. The Morgan fingerprint density at radius 2 is 1.59 bits per heavy atom. The van der Waals surface area contributed by atoms with Crippen LogP contribution in [0.3, 0.4) is 0 Å². The fourth-order valence-electron chi connectivity index (χ4n) is 3.04. The van der Waals surface area contributed by atoms with Crippen LogP contribution in [-0.2, 0) is 19.1 Å². The van der Waals surface area contributed by atoms with Gasteiger partial charge in [0.05, 0.1) is 25.7 Å². The van der Waals surface area contributed by atoms with E-state index < -0.39 is 12.0 Å². The molecule has 0 aromatic heterocycles. The minimum Gasteiger partial charge on any atom is -0.455 e. The quantitative estimate of drug-likeness (QED) is 0.723. The average Bonchev–Trinajstić information content (AvgIpc) is 2.78. The zero-order chi connectivity index (χ0) is 20.5. The van der Waals surface area contributed by atoms with Crippen LogP contribution in [0.25, 0.3) is 0 Å². The van der Waals surface area contributed by atoms with Crippen molar-refractivity contribution in [1.29, 1.82) is 0 Å². The first-order valence-electron chi connectivity index (χ1n) is 9.55. The van der Waals surface area contributed by atoms with E-state index in [9.17, 15) is 14.4 Å². The molecule has 1 fully saturated rings. The molecule has 2 aromatic carbocycles. The summed E-state index contributed by atoms with van der Waals surface area (Å²) in [4.78, 5) is 38.7. The first kappa shape index (κ1) is 20.5. The highest BCUT2D eigenvalue weighted by atomic mass is 16.5. The van der Waals surface area contributed by atoms with Crippen molar-refractivity contribution in [3.63, 3.8) is 0 Å². The van der Waals surface area contributed by atoms with Crippen molar-refractivity contribution in [3.05, 3.63) is 71.8 Å². The van der Waals surface area contributed by atoms with Gasteiger partial charge in [-0.05, 0) is 17.7 Å². The number of nitrogens with one attached hydrogen (secondary N) is 1. The summed E-state index contributed by atoms with van der Waals surface area (Å²) >= 11 is 0. The summed E-state index contributed by atoms with van der Waals surface area (Å²) in [6.07, 6.45) is -0.0705. The molecule has 0 aliphatic carbocycles. The van der Waals surface area contributed by atoms with E-state index in [-0.39, 0.29) is 24.8 Å². The number of esters is 1. The molecule has 152 valence electrons. The molecule has 1 aliphatic rings. The van der Waals surface area contributed by atoms with Gasteiger partial charge in [-0.2, -0.15) is 0 Å². The molecule has 1 aliphatic heterocycles. The molecule has 3 rings (SSSR count). The lowest BCUT2D eigenvalue weighted by Crippen LogP contribution is -2.42. The van der Waals surface area contributed by atoms with Gasteiger partial charge in [-0.1, -0.05) is 48.5 Å². The lowest BCUT2D eigenvalue weighted by molar-refractivity contribution is -0.154. The fourth-order valence-corrected chi connectivity index (χ4v) is 3.04. The summed E-state index contributed by atoms with van der Waals surface area (Å²) in [6, 6.07) is 17.4. The predicted molar refractivity (Wildman–Crippen MR) is 106 cm³/mol. The number of amides is 2. The van der Waals surface area contributed by atoms with Crippen molar-refractivity contribution in [1.82, 2.24) is 10.2 Å². The number of carbonyl (C=O) groups excluding carboxylic acids is 3. The van der Waals surface area contributed by atoms with Crippen LogP contribution in [0, 0.1) is 0 Å². The van der Waals surface area contributed by atoms with E-state index in [1.54, 1.807) is 29.2 Å². The number of hydrogen-bond donors (Lipinski definition) is 1. The minimum atomic E-state index is -0.560. The van der Waals surface area contributed by atoms with Gasteiger partial charge in [0.25, 0.3) is 11.8 Å². The maximum Gasteiger partial charge on any atom is 0.308 e. The largest absolute Gasteiger partial charge is 0.455 e. The van der Waals surface area contributed by atoms with E-state index >= 15 is 0 Å². The molecule has 1 saturated heterocycles. The Bertz CT molecular complexity index is 820. The molecule has 2 aromatic rings. The Kier molecular flexibility index (Phi) is 7.35. The Morgan fingerprint density at radius 1 is 0.966 bits per heavy atom. The summed E-state index contributed by atoms with van der Waals surface area (Å²) < 4.78 is 10.4. The zero-order valence-corrected chi connectivity index (χ0v) is 16.1. The molecule has 0 bridgehead atoms. The van der Waals surface area contributed by atoms with Crippen LogP contribution in [0.2, 0.25) is 0 Å². The second-order valence-electron chi connectivity index (χ2n) is 6.66. The van der Waals surface area contributed by atoms with Gasteiger partial charge in [-0.15, -0.1) is 0 Å². The number of carbonyl (C=O) groups is 3. The highest BCUT2D eigenvalue weighted by Gasteiger charge is 2.22. The monoisotopic (exact) mass is 396 g/mol. The first-order chi connectivity index (χ1) is 14.1. The Labute approximate surface area is 169 Å². The molecule has 0 radical (unpaired) electrons. The van der Waals surface area contributed by atoms with Crippen LogP contribution in [0.1, 0.15) is 28.4 Å². The van der Waals surface area contributed by atoms with Crippen molar-refractivity contribution in [2.75, 3.05) is 32.9 Å². The lowest BCUT2D eigenvalue weighted by Gasteiger charge is -2.26. The number of rotatable bonds is 7. The molecule has 29 heavy (non-hydrogen) atoms. The van der Waals surface area contributed by atoms with E-state index in [1.807, 2.05) is 36.4 Å². The SMILES string of the molecule is O=C(CC(NC(=O)c1ccccc1)c1ccccc1)OCC(=O)N1CCOCC1. The van der Waals surface area contributed by atoms with Crippen molar-refractivity contribution in [2.24, 2.45) is 0 Å². The van der Waals surface area contributed by atoms with Gasteiger partial charge >= 0.3 is 5.97 Å². The topological polar surface area (TPSA) is 84.9 Å². The fraction of sp³-hybridized carbons (Fsp3) is 0.318. The normalized spacial score (nSPS) is 14.7. The summed E-state index contributed by atoms with van der Waals surface area (Å²) in [5.74, 6) is -1.07. The second-order valence-corrected chi connectivity index (χ2v) is 6.66. The third-order valence-electron chi connectivity index (χ3n) is 4.63. The highest BCUT2D eigenvalue weighted by Crippen LogP contribution is 2.18. The standard InChI is InChI=1S/C22H24N2O5/c25-20(24-11-13-28-14-12-24)16-29-21(26)15-19(17-7-3-1-4-8-17)23-22(27)18-9-5-2-6-10-18/h1-10,19H,11-16H2,(H,23,27). The summed E-state index contributed by atoms with van der Waals surface area (Å²) in [7, 11) is 0. The van der Waals surface area contributed by atoms with E-state index in [0.29, 0.717) is 31.9 Å². The van der Waals surface area contributed by atoms with Crippen LogP contribution in [0.15, 0.2) is 60.7 Å². The first-order valence-corrected chi connectivity index (χ1v) is 9.55. The number of nitrogens with zero attached hydrogens (tertiary/aromatic N) is 1. The molecule has 0 spiro atoms. The number of benzene rings is 2. The maximum absolute atomic E-state index is 12.5. The maximum atomic E-state index is 12.5. The molecule has 7 heteroatoms. The third-order valence-corrected chi connectivity index (χ3v) is 4.63. The van der Waals surface area contributed by atoms with Crippen molar-refractivity contribution < 1.29 is 23.9 Å². The van der Waals surface area contributed by atoms with E-state index in [0.717, 1.165) is 5.56 Å². The molecule has 7 nitrogen and oxygen atoms in total. The van der Waals surface area contributed by atoms with Gasteiger partial charge in [0, 0.05) is 18.7 Å². The molecular weight excluding hydrogens is 372 g/mol. The molecule has 0 saturated carbocycles. The van der Waals surface area contributed by atoms with Crippen molar-refractivity contribution in [3.8, 4) is 0 Å². The highest BCUT2D eigenvalue weighted by molar-refractivity contribution is 5.94. The number of hydrogen-bond acceptors (Lipinski definition) is 5.